The van der Waals surface area contributed by atoms with Crippen LogP contribution in [0.5, 0.6) is 0 Å². The molecule has 2 aliphatic heterocycles. The topological polar surface area (TPSA) is 105 Å². The zero-order chi connectivity index (χ0) is 25.3. The zero-order valence-electron chi connectivity index (χ0n) is 21.2. The number of nitrogens with zero attached hydrogens (tertiary/aromatic N) is 4. The first-order valence-corrected chi connectivity index (χ1v) is 12.5. The van der Waals surface area contributed by atoms with Crippen LogP contribution in [0.1, 0.15) is 59.1 Å². The maximum atomic E-state index is 12.5. The molecule has 0 radical (unpaired) electrons. The van der Waals surface area contributed by atoms with Crippen LogP contribution in [0.15, 0.2) is 17.8 Å². The Morgan fingerprint density at radius 2 is 1.97 bits per heavy atom. The lowest BCUT2D eigenvalue weighted by Gasteiger charge is -2.32. The average Bonchev–Trinajstić information content (AvgIpc) is 3.34. The van der Waals surface area contributed by atoms with Crippen LogP contribution in [0.4, 0.5) is 10.6 Å². The number of fused-ring (bicyclic) bond motifs is 2. The smallest absolute Gasteiger partial charge is 0.410 e. The van der Waals surface area contributed by atoms with Gasteiger partial charge in [-0.1, -0.05) is 11.6 Å². The molecule has 0 unspecified atom stereocenters. The maximum absolute atomic E-state index is 12.5. The van der Waals surface area contributed by atoms with Crippen LogP contribution in [-0.2, 0) is 14.2 Å². The number of aryl methyl sites for hydroxylation is 1. The first-order chi connectivity index (χ1) is 16.3. The van der Waals surface area contributed by atoms with Gasteiger partial charge < -0.3 is 29.4 Å². The van der Waals surface area contributed by atoms with Crippen molar-refractivity contribution in [1.29, 1.82) is 0 Å². The van der Waals surface area contributed by atoms with Gasteiger partial charge in [-0.2, -0.15) is 4.98 Å². The van der Waals surface area contributed by atoms with Crippen LogP contribution in [0.2, 0.25) is 5.28 Å². The van der Waals surface area contributed by atoms with Gasteiger partial charge in [0.15, 0.2) is 5.79 Å². The second-order valence-electron chi connectivity index (χ2n) is 11.2. The number of carbonyl (C=O) groups is 1. The number of rotatable bonds is 2. The van der Waals surface area contributed by atoms with Gasteiger partial charge in [-0.3, -0.25) is 0 Å². The molecule has 2 aromatic rings. The van der Waals surface area contributed by atoms with Crippen molar-refractivity contribution < 1.29 is 19.0 Å². The molecule has 2 aromatic heterocycles. The lowest BCUT2D eigenvalue weighted by molar-refractivity contribution is -0.158. The first kappa shape index (κ1) is 24.3. The van der Waals surface area contributed by atoms with Gasteiger partial charge in [0, 0.05) is 25.2 Å². The lowest BCUT2D eigenvalue weighted by Crippen LogP contribution is -2.40. The summed E-state index contributed by atoms with van der Waals surface area (Å²) in [7, 11) is 0. The van der Waals surface area contributed by atoms with E-state index in [1.807, 2.05) is 41.5 Å². The molecule has 190 valence electrons. The maximum Gasteiger partial charge on any atom is 0.410 e. The van der Waals surface area contributed by atoms with Crippen molar-refractivity contribution in [2.75, 3.05) is 18.8 Å². The summed E-state index contributed by atoms with van der Waals surface area (Å²) in [6.45, 7) is 12.7. The highest BCUT2D eigenvalue weighted by Gasteiger charge is 2.55. The summed E-state index contributed by atoms with van der Waals surface area (Å²) in [6.07, 6.45) is 5.29. The van der Waals surface area contributed by atoms with Crippen molar-refractivity contribution in [3.8, 4) is 0 Å². The highest BCUT2D eigenvalue weighted by atomic mass is 35.5. The molecular weight excluding hydrogens is 470 g/mol. The fourth-order valence-corrected chi connectivity index (χ4v) is 5.86. The minimum Gasteiger partial charge on any atom is -0.444 e. The second-order valence-corrected chi connectivity index (χ2v) is 11.6. The molecule has 10 heteroatoms. The third-order valence-electron chi connectivity index (χ3n) is 7.03. The molecule has 1 amide bonds. The number of nitrogen functional groups attached to an aromatic ring is 1. The van der Waals surface area contributed by atoms with E-state index >= 15 is 0 Å². The van der Waals surface area contributed by atoms with Gasteiger partial charge in [0.25, 0.3) is 0 Å². The van der Waals surface area contributed by atoms with Crippen LogP contribution >= 0.6 is 11.6 Å². The molecule has 35 heavy (non-hydrogen) atoms. The lowest BCUT2D eigenvalue weighted by atomic mass is 9.90. The third kappa shape index (κ3) is 4.49. The Hall–Kier alpha value is -2.36. The number of hydrogen-bond donors (Lipinski definition) is 1. The molecule has 2 N–H and O–H groups in total. The molecule has 5 rings (SSSR count). The fourth-order valence-electron chi connectivity index (χ4n) is 5.69. The van der Waals surface area contributed by atoms with E-state index in [9.17, 15) is 4.79 Å². The fraction of sp³-hybridized carbons (Fsp3) is 0.640. The minimum atomic E-state index is -0.687. The number of anilines is 1. The van der Waals surface area contributed by atoms with Gasteiger partial charge in [0.2, 0.25) is 5.28 Å². The molecule has 0 aromatic carbocycles. The van der Waals surface area contributed by atoms with E-state index in [2.05, 4.69) is 26.8 Å². The molecular formula is C25H34ClN5O4. The van der Waals surface area contributed by atoms with Crippen molar-refractivity contribution in [2.45, 2.75) is 84.0 Å². The quantitative estimate of drug-likeness (QED) is 0.470. The van der Waals surface area contributed by atoms with E-state index in [0.29, 0.717) is 24.6 Å². The van der Waals surface area contributed by atoms with E-state index in [0.717, 1.165) is 23.8 Å². The highest BCUT2D eigenvalue weighted by Crippen LogP contribution is 2.51. The average molecular weight is 504 g/mol. The summed E-state index contributed by atoms with van der Waals surface area (Å²) in [4.78, 5) is 22.9. The molecule has 1 saturated heterocycles. The number of amides is 1. The number of ether oxygens (including phenoxy) is 3. The Morgan fingerprint density at radius 1 is 1.26 bits per heavy atom. The predicted molar refractivity (Wildman–Crippen MR) is 133 cm³/mol. The monoisotopic (exact) mass is 503 g/mol. The van der Waals surface area contributed by atoms with Crippen LogP contribution in [0.3, 0.4) is 0 Å². The highest BCUT2D eigenvalue weighted by molar-refractivity contribution is 6.28. The number of hydrogen-bond acceptors (Lipinski definition) is 7. The van der Waals surface area contributed by atoms with E-state index in [4.69, 9.17) is 31.5 Å². The Kier molecular flexibility index (Phi) is 5.81. The van der Waals surface area contributed by atoms with Crippen molar-refractivity contribution in [2.24, 2.45) is 5.92 Å². The normalized spacial score (nSPS) is 28.3. The van der Waals surface area contributed by atoms with Gasteiger partial charge in [0.1, 0.15) is 23.2 Å². The number of halogens is 1. The molecule has 3 aliphatic rings. The summed E-state index contributed by atoms with van der Waals surface area (Å²) in [5, 5.41) is 0.944. The summed E-state index contributed by atoms with van der Waals surface area (Å²) in [5.41, 5.74) is 8.68. The molecule has 4 atom stereocenters. The Labute approximate surface area is 210 Å². The van der Waals surface area contributed by atoms with Crippen LogP contribution in [-0.4, -0.2) is 62.2 Å². The summed E-state index contributed by atoms with van der Waals surface area (Å²) >= 11 is 6.18. The molecule has 1 aliphatic carbocycles. The summed E-state index contributed by atoms with van der Waals surface area (Å²) in [6, 6.07) is -0.00173. The van der Waals surface area contributed by atoms with Crippen LogP contribution in [0, 0.1) is 12.8 Å². The first-order valence-electron chi connectivity index (χ1n) is 12.2. The van der Waals surface area contributed by atoms with Crippen molar-refractivity contribution >= 4 is 34.5 Å². The van der Waals surface area contributed by atoms with Gasteiger partial charge in [-0.15, -0.1) is 0 Å². The molecule has 0 bridgehead atoms. The van der Waals surface area contributed by atoms with Crippen molar-refractivity contribution in [3.05, 3.63) is 28.7 Å². The van der Waals surface area contributed by atoms with Gasteiger partial charge >= 0.3 is 6.09 Å². The number of aromatic nitrogens is 3. The Morgan fingerprint density at radius 3 is 2.63 bits per heavy atom. The van der Waals surface area contributed by atoms with E-state index in [-0.39, 0.29) is 35.5 Å². The molecule has 9 nitrogen and oxygen atoms in total. The number of carbonyl (C=O) groups excluding carboxylic acids is 1. The van der Waals surface area contributed by atoms with Crippen LogP contribution in [0.25, 0.3) is 11.0 Å². The number of nitrogens with two attached hydrogens (primary N) is 1. The Balaban J connectivity index is 1.44. The van der Waals surface area contributed by atoms with Gasteiger partial charge in [-0.25, -0.2) is 9.78 Å². The molecule has 1 saturated carbocycles. The van der Waals surface area contributed by atoms with E-state index in [1.165, 1.54) is 5.57 Å². The minimum absolute atomic E-state index is 0.00173. The van der Waals surface area contributed by atoms with Gasteiger partial charge in [-0.05, 0) is 71.5 Å². The van der Waals surface area contributed by atoms with Crippen LogP contribution < -0.4 is 5.73 Å². The molecule has 2 fully saturated rings. The summed E-state index contributed by atoms with van der Waals surface area (Å²) in [5.74, 6) is -0.142. The zero-order valence-corrected chi connectivity index (χ0v) is 21.9. The third-order valence-corrected chi connectivity index (χ3v) is 7.20. The second kappa shape index (κ2) is 8.35. The van der Waals surface area contributed by atoms with E-state index < -0.39 is 11.4 Å². The SMILES string of the molecule is Cc1cn([C@@H]2C[C@H](C3=CCN(C(=O)OC(C)(C)C)CC3)[C@H]3OC(C)(C)O[C@H]32)c2nc(Cl)nc(N)c12. The molecule has 0 spiro atoms. The van der Waals surface area contributed by atoms with Crippen molar-refractivity contribution in [1.82, 2.24) is 19.4 Å². The van der Waals surface area contributed by atoms with Crippen molar-refractivity contribution in [3.63, 3.8) is 0 Å². The molecule has 4 heterocycles. The standard InChI is InChI=1S/C25H34ClN5O4/c1-13-12-31(21-17(13)20(27)28-22(26)29-21)16-11-15(18-19(16)34-25(5,6)33-18)14-7-9-30(10-8-14)23(32)35-24(2,3)4/h7,12,15-16,18-19H,8-11H2,1-6H3,(H2,27,28,29)/t15-,16-,18-,19+/m1/s1. The van der Waals surface area contributed by atoms with Gasteiger partial charge in [0.05, 0.1) is 17.5 Å². The summed E-state index contributed by atoms with van der Waals surface area (Å²) < 4.78 is 20.5. The predicted octanol–water partition coefficient (Wildman–Crippen LogP) is 4.62. The van der Waals surface area contributed by atoms with E-state index in [1.54, 1.807) is 4.90 Å². The Bertz CT molecular complexity index is 1200. The largest absolute Gasteiger partial charge is 0.444 e.